The number of hydrogen-bond donors (Lipinski definition) is 1. The molecule has 1 atom stereocenters. The molecule has 1 saturated heterocycles. The summed E-state index contributed by atoms with van der Waals surface area (Å²) in [6, 6.07) is 0.161. The van der Waals surface area contributed by atoms with Gasteiger partial charge in [-0.3, -0.25) is 9.80 Å². The number of hydrazine groups is 1. The van der Waals surface area contributed by atoms with Crippen LogP contribution in [0.15, 0.2) is 0 Å². The zero-order chi connectivity index (χ0) is 11.7. The van der Waals surface area contributed by atoms with E-state index in [0.29, 0.717) is 5.91 Å². The Morgan fingerprint density at radius 1 is 1.11 bits per heavy atom. The van der Waals surface area contributed by atoms with Crippen LogP contribution in [0.3, 0.4) is 0 Å². The minimum atomic E-state index is 0. The molecule has 2 saturated carbocycles. The molecule has 3 heteroatoms. The number of hydrogen-bond acceptors (Lipinski definition) is 2. The van der Waals surface area contributed by atoms with Gasteiger partial charge in [0.2, 0.25) is 0 Å². The highest BCUT2D eigenvalue weighted by molar-refractivity contribution is 5.86. The molecule has 2 aliphatic carbocycles. The van der Waals surface area contributed by atoms with Gasteiger partial charge in [-0.25, -0.2) is 5.43 Å². The number of carbonyl (C=O) groups is 1. The van der Waals surface area contributed by atoms with E-state index in [2.05, 4.69) is 5.43 Å². The highest BCUT2D eigenvalue weighted by Gasteiger charge is 2.39. The molecule has 1 N–H and O–H groups in total. The third-order valence-corrected chi connectivity index (χ3v) is 4.61. The lowest BCUT2D eigenvalue weighted by Crippen LogP contribution is -2.66. The summed E-state index contributed by atoms with van der Waals surface area (Å²) in [5, 5.41) is 1.85. The molecule has 0 aromatic carbocycles. The van der Waals surface area contributed by atoms with Crippen LogP contribution >= 0.6 is 0 Å². The van der Waals surface area contributed by atoms with Crippen LogP contribution in [0.5, 0.6) is 0 Å². The van der Waals surface area contributed by atoms with Crippen LogP contribution in [0.25, 0.3) is 0 Å². The second kappa shape index (κ2) is 6.05. The summed E-state index contributed by atoms with van der Waals surface area (Å²) in [6.45, 7) is 0.927. The van der Waals surface area contributed by atoms with Crippen molar-refractivity contribution in [1.82, 2.24) is 10.4 Å². The van der Waals surface area contributed by atoms with Crippen LogP contribution in [0.4, 0.5) is 0 Å². The van der Waals surface area contributed by atoms with Crippen LogP contribution in [-0.2, 0) is 4.79 Å². The molecule has 0 aromatic heterocycles. The van der Waals surface area contributed by atoms with E-state index in [9.17, 15) is 4.79 Å². The molecular weight excluding hydrogens is 224 g/mol. The second-order valence-corrected chi connectivity index (χ2v) is 6.14. The Kier molecular flexibility index (Phi) is 4.66. The summed E-state index contributed by atoms with van der Waals surface area (Å²) in [5.74, 6) is 2.15. The molecule has 0 spiro atoms. The number of nitrogens with one attached hydrogen (secondary N) is 1. The highest BCUT2D eigenvalue weighted by atomic mass is 16.2. The molecule has 0 aromatic rings. The molecular formula is C15H28N2O. The molecule has 3 nitrogen and oxygen atoms in total. The molecule has 104 valence electrons. The van der Waals surface area contributed by atoms with Gasteiger partial charge in [0.05, 0.1) is 0 Å². The number of rotatable bonds is 6. The maximum absolute atomic E-state index is 11.8. The zero-order valence-electron chi connectivity index (χ0n) is 10.7. The quantitative estimate of drug-likeness (QED) is 0.788. The average molecular weight is 252 g/mol. The number of amides is 1. The van der Waals surface area contributed by atoms with E-state index in [1.165, 1.54) is 51.4 Å². The summed E-state index contributed by atoms with van der Waals surface area (Å²) in [6.07, 6.45) is 12.0. The molecule has 3 aliphatic rings. The standard InChI is InChI=1S/C14H24N2O.CH4/c17-14-13(10-12-7-8-12)15-16(14)9-3-6-11-4-1-2-5-11;/h11-13,15H,1-10H2;1H4. The Morgan fingerprint density at radius 3 is 2.44 bits per heavy atom. The summed E-state index contributed by atoms with van der Waals surface area (Å²) < 4.78 is 0. The van der Waals surface area contributed by atoms with Gasteiger partial charge in [0, 0.05) is 6.54 Å². The monoisotopic (exact) mass is 252 g/mol. The van der Waals surface area contributed by atoms with Crippen molar-refractivity contribution >= 4 is 5.91 Å². The topological polar surface area (TPSA) is 32.3 Å². The summed E-state index contributed by atoms with van der Waals surface area (Å²) in [5.41, 5.74) is 3.31. The fourth-order valence-corrected chi connectivity index (χ4v) is 3.28. The van der Waals surface area contributed by atoms with E-state index < -0.39 is 0 Å². The van der Waals surface area contributed by atoms with Gasteiger partial charge < -0.3 is 0 Å². The van der Waals surface area contributed by atoms with Crippen molar-refractivity contribution in [2.75, 3.05) is 6.54 Å². The van der Waals surface area contributed by atoms with Crippen LogP contribution in [0.1, 0.15) is 65.2 Å². The van der Waals surface area contributed by atoms with Gasteiger partial charge in [0.25, 0.3) is 5.91 Å². The molecule has 3 rings (SSSR count). The molecule has 1 aliphatic heterocycles. The largest absolute Gasteiger partial charge is 0.276 e. The molecule has 1 heterocycles. The van der Waals surface area contributed by atoms with Crippen molar-refractivity contribution < 1.29 is 4.79 Å². The van der Waals surface area contributed by atoms with Crippen molar-refractivity contribution in [3.8, 4) is 0 Å². The average Bonchev–Trinajstić information content (AvgIpc) is 3.01. The Bertz CT molecular complexity index is 282. The van der Waals surface area contributed by atoms with Gasteiger partial charge in [-0.15, -0.1) is 0 Å². The van der Waals surface area contributed by atoms with Crippen molar-refractivity contribution in [3.05, 3.63) is 0 Å². The van der Waals surface area contributed by atoms with Gasteiger partial charge in [-0.1, -0.05) is 46.0 Å². The maximum atomic E-state index is 11.8. The van der Waals surface area contributed by atoms with Crippen molar-refractivity contribution in [3.63, 3.8) is 0 Å². The van der Waals surface area contributed by atoms with Crippen LogP contribution in [-0.4, -0.2) is 23.5 Å². The number of carbonyl (C=O) groups excluding carboxylic acids is 1. The maximum Gasteiger partial charge on any atom is 0.255 e. The summed E-state index contributed by atoms with van der Waals surface area (Å²) in [7, 11) is 0. The summed E-state index contributed by atoms with van der Waals surface area (Å²) in [4.78, 5) is 11.8. The lowest BCUT2D eigenvalue weighted by Gasteiger charge is -2.39. The Labute approximate surface area is 111 Å². The second-order valence-electron chi connectivity index (χ2n) is 6.14. The SMILES string of the molecule is C.O=C1C(CC2CC2)NN1CCCC1CCCC1. The first-order chi connectivity index (χ1) is 8.33. The van der Waals surface area contributed by atoms with E-state index in [0.717, 1.165) is 24.8 Å². The van der Waals surface area contributed by atoms with Gasteiger partial charge >= 0.3 is 0 Å². The third kappa shape index (κ3) is 3.25. The van der Waals surface area contributed by atoms with Crippen LogP contribution in [0.2, 0.25) is 0 Å². The zero-order valence-corrected chi connectivity index (χ0v) is 10.7. The molecule has 1 amide bonds. The molecule has 0 radical (unpaired) electrons. The first kappa shape index (κ1) is 13.9. The Balaban J connectivity index is 0.00000120. The van der Waals surface area contributed by atoms with Crippen LogP contribution < -0.4 is 5.43 Å². The highest BCUT2D eigenvalue weighted by Crippen LogP contribution is 2.35. The van der Waals surface area contributed by atoms with E-state index >= 15 is 0 Å². The third-order valence-electron chi connectivity index (χ3n) is 4.61. The lowest BCUT2D eigenvalue weighted by molar-refractivity contribution is -0.153. The predicted octanol–water partition coefficient (Wildman–Crippen LogP) is 3.11. The normalized spacial score (nSPS) is 28.1. The Hall–Kier alpha value is -0.570. The minimum absolute atomic E-state index is 0. The molecule has 1 unspecified atom stereocenters. The van der Waals surface area contributed by atoms with E-state index in [-0.39, 0.29) is 13.5 Å². The van der Waals surface area contributed by atoms with Gasteiger partial charge in [0.1, 0.15) is 6.04 Å². The molecule has 0 bridgehead atoms. The fraction of sp³-hybridized carbons (Fsp3) is 0.933. The fourth-order valence-electron chi connectivity index (χ4n) is 3.28. The van der Waals surface area contributed by atoms with E-state index in [1.54, 1.807) is 0 Å². The van der Waals surface area contributed by atoms with Crippen molar-refractivity contribution in [1.29, 1.82) is 0 Å². The minimum Gasteiger partial charge on any atom is -0.276 e. The Morgan fingerprint density at radius 2 is 1.83 bits per heavy atom. The first-order valence-corrected chi connectivity index (χ1v) is 7.40. The van der Waals surface area contributed by atoms with Crippen molar-refractivity contribution in [2.24, 2.45) is 11.8 Å². The summed E-state index contributed by atoms with van der Waals surface area (Å²) >= 11 is 0. The van der Waals surface area contributed by atoms with Gasteiger partial charge in [-0.05, 0) is 31.1 Å². The molecule has 18 heavy (non-hydrogen) atoms. The number of nitrogens with zero attached hydrogens (tertiary/aromatic N) is 1. The molecule has 3 fully saturated rings. The lowest BCUT2D eigenvalue weighted by atomic mass is 10.0. The predicted molar refractivity (Wildman–Crippen MR) is 73.9 cm³/mol. The van der Waals surface area contributed by atoms with Gasteiger partial charge in [-0.2, -0.15) is 0 Å². The van der Waals surface area contributed by atoms with E-state index in [4.69, 9.17) is 0 Å². The van der Waals surface area contributed by atoms with Crippen LogP contribution in [0, 0.1) is 11.8 Å². The van der Waals surface area contributed by atoms with Crippen molar-refractivity contribution in [2.45, 2.75) is 71.3 Å². The smallest absolute Gasteiger partial charge is 0.255 e. The van der Waals surface area contributed by atoms with E-state index in [1.807, 2.05) is 5.01 Å². The first-order valence-electron chi connectivity index (χ1n) is 7.40. The van der Waals surface area contributed by atoms with Gasteiger partial charge in [0.15, 0.2) is 0 Å².